The van der Waals surface area contributed by atoms with Crippen LogP contribution in [-0.4, -0.2) is 43.2 Å². The number of rotatable bonds is 4. The lowest BCUT2D eigenvalue weighted by molar-refractivity contribution is 0.132. The van der Waals surface area contributed by atoms with E-state index in [-0.39, 0.29) is 11.9 Å². The van der Waals surface area contributed by atoms with E-state index in [0.29, 0.717) is 5.75 Å². The third-order valence-corrected chi connectivity index (χ3v) is 5.44. The number of hydrogen-bond acceptors (Lipinski definition) is 3. The SMILES string of the molecule is CC1CCC(N2CCN(c3ccc(F)cc3OC(C)C)CC2)CC1. The van der Waals surface area contributed by atoms with Crippen LogP contribution < -0.4 is 9.64 Å². The first-order chi connectivity index (χ1) is 11.5. The van der Waals surface area contributed by atoms with Crippen molar-refractivity contribution in [3.63, 3.8) is 0 Å². The minimum Gasteiger partial charge on any atom is -0.489 e. The van der Waals surface area contributed by atoms with E-state index >= 15 is 0 Å². The van der Waals surface area contributed by atoms with E-state index in [0.717, 1.165) is 43.8 Å². The summed E-state index contributed by atoms with van der Waals surface area (Å²) in [4.78, 5) is 5.01. The molecule has 1 aliphatic carbocycles. The number of anilines is 1. The molecule has 4 heteroatoms. The van der Waals surface area contributed by atoms with Gasteiger partial charge in [0.05, 0.1) is 11.8 Å². The van der Waals surface area contributed by atoms with Crippen molar-refractivity contribution in [2.45, 2.75) is 58.6 Å². The van der Waals surface area contributed by atoms with Gasteiger partial charge in [0.2, 0.25) is 0 Å². The van der Waals surface area contributed by atoms with Crippen LogP contribution in [-0.2, 0) is 0 Å². The molecular weight excluding hydrogens is 303 g/mol. The van der Waals surface area contributed by atoms with E-state index in [9.17, 15) is 4.39 Å². The monoisotopic (exact) mass is 334 g/mol. The van der Waals surface area contributed by atoms with Crippen LogP contribution in [0.2, 0.25) is 0 Å². The Morgan fingerprint density at radius 2 is 1.71 bits per heavy atom. The summed E-state index contributed by atoms with van der Waals surface area (Å²) in [6.07, 6.45) is 5.49. The van der Waals surface area contributed by atoms with Crippen molar-refractivity contribution in [3.05, 3.63) is 24.0 Å². The number of ether oxygens (including phenoxy) is 1. The highest BCUT2D eigenvalue weighted by atomic mass is 19.1. The Kier molecular flexibility index (Phi) is 5.65. The van der Waals surface area contributed by atoms with Crippen LogP contribution in [0.25, 0.3) is 0 Å². The van der Waals surface area contributed by atoms with E-state index in [2.05, 4.69) is 16.7 Å². The first kappa shape index (κ1) is 17.5. The topological polar surface area (TPSA) is 15.7 Å². The van der Waals surface area contributed by atoms with Crippen molar-refractivity contribution >= 4 is 5.69 Å². The smallest absolute Gasteiger partial charge is 0.145 e. The van der Waals surface area contributed by atoms with Gasteiger partial charge in [-0.2, -0.15) is 0 Å². The van der Waals surface area contributed by atoms with Crippen molar-refractivity contribution in [1.82, 2.24) is 4.90 Å². The standard InChI is InChI=1S/C20H31FN2O/c1-15(2)24-20-14-17(21)6-9-19(20)23-12-10-22(11-13-23)18-7-4-16(3)5-8-18/h6,9,14-16,18H,4-5,7-8,10-13H2,1-3H3. The second kappa shape index (κ2) is 7.73. The maximum absolute atomic E-state index is 13.6. The van der Waals surface area contributed by atoms with Crippen molar-refractivity contribution in [3.8, 4) is 5.75 Å². The number of halogens is 1. The third kappa shape index (κ3) is 4.21. The third-order valence-electron chi connectivity index (χ3n) is 5.44. The highest BCUT2D eigenvalue weighted by Crippen LogP contribution is 2.32. The van der Waals surface area contributed by atoms with Gasteiger partial charge in [-0.1, -0.05) is 6.92 Å². The molecule has 0 atom stereocenters. The molecule has 1 aromatic rings. The molecule has 134 valence electrons. The van der Waals surface area contributed by atoms with Crippen molar-refractivity contribution in [1.29, 1.82) is 0 Å². The van der Waals surface area contributed by atoms with Crippen molar-refractivity contribution in [2.75, 3.05) is 31.1 Å². The predicted molar refractivity (Wildman–Crippen MR) is 97.4 cm³/mol. The van der Waals surface area contributed by atoms with Gasteiger partial charge in [-0.15, -0.1) is 0 Å². The Morgan fingerprint density at radius 3 is 2.33 bits per heavy atom. The van der Waals surface area contributed by atoms with E-state index < -0.39 is 0 Å². The molecule has 1 saturated carbocycles. The summed E-state index contributed by atoms with van der Waals surface area (Å²) in [5.74, 6) is 1.34. The van der Waals surface area contributed by atoms with Crippen LogP contribution in [0.1, 0.15) is 46.5 Å². The summed E-state index contributed by atoms with van der Waals surface area (Å²) in [6, 6.07) is 5.69. The lowest BCUT2D eigenvalue weighted by Gasteiger charge is -2.42. The lowest BCUT2D eigenvalue weighted by Crippen LogP contribution is -2.51. The summed E-state index contributed by atoms with van der Waals surface area (Å²) >= 11 is 0. The van der Waals surface area contributed by atoms with Gasteiger partial charge in [-0.3, -0.25) is 4.90 Å². The highest BCUT2D eigenvalue weighted by Gasteiger charge is 2.28. The average molecular weight is 334 g/mol. The minimum absolute atomic E-state index is 0.0519. The molecule has 0 radical (unpaired) electrons. The molecule has 0 bridgehead atoms. The van der Waals surface area contributed by atoms with Crippen molar-refractivity contribution in [2.24, 2.45) is 5.92 Å². The Labute approximate surface area is 145 Å². The Bertz CT molecular complexity index is 532. The van der Waals surface area contributed by atoms with Gasteiger partial charge in [-0.05, 0) is 57.6 Å². The van der Waals surface area contributed by atoms with Gasteiger partial charge < -0.3 is 9.64 Å². The summed E-state index contributed by atoms with van der Waals surface area (Å²) in [5.41, 5.74) is 1.03. The first-order valence-electron chi connectivity index (χ1n) is 9.48. The fraction of sp³-hybridized carbons (Fsp3) is 0.700. The van der Waals surface area contributed by atoms with Gasteiger partial charge in [0.1, 0.15) is 11.6 Å². The van der Waals surface area contributed by atoms with Gasteiger partial charge in [-0.25, -0.2) is 4.39 Å². The first-order valence-corrected chi connectivity index (χ1v) is 9.48. The molecule has 1 heterocycles. The van der Waals surface area contributed by atoms with Crippen LogP contribution in [0.15, 0.2) is 18.2 Å². The largest absolute Gasteiger partial charge is 0.489 e. The predicted octanol–water partition coefficient (Wildman–Crippen LogP) is 4.31. The molecule has 3 rings (SSSR count). The molecule has 0 aromatic heterocycles. The Balaban J connectivity index is 1.62. The lowest BCUT2D eigenvalue weighted by atomic mass is 9.86. The average Bonchev–Trinajstić information content (AvgIpc) is 2.55. The molecule has 1 saturated heterocycles. The Hall–Kier alpha value is -1.29. The molecule has 0 amide bonds. The summed E-state index contributed by atoms with van der Waals surface area (Å²) in [7, 11) is 0. The highest BCUT2D eigenvalue weighted by molar-refractivity contribution is 5.59. The van der Waals surface area contributed by atoms with E-state index in [1.54, 1.807) is 0 Å². The minimum atomic E-state index is -0.232. The number of hydrogen-bond donors (Lipinski definition) is 0. The quantitative estimate of drug-likeness (QED) is 0.816. The van der Waals surface area contributed by atoms with E-state index in [4.69, 9.17) is 4.74 Å². The van der Waals surface area contributed by atoms with Crippen LogP contribution in [0.3, 0.4) is 0 Å². The molecule has 3 nitrogen and oxygen atoms in total. The fourth-order valence-electron chi connectivity index (χ4n) is 4.03. The zero-order chi connectivity index (χ0) is 17.1. The number of nitrogens with zero attached hydrogens (tertiary/aromatic N) is 2. The van der Waals surface area contributed by atoms with E-state index in [1.165, 1.54) is 37.8 Å². The molecule has 1 aliphatic heterocycles. The molecule has 2 aliphatic rings. The van der Waals surface area contributed by atoms with Crippen LogP contribution in [0, 0.1) is 11.7 Å². The van der Waals surface area contributed by atoms with Gasteiger partial charge in [0.25, 0.3) is 0 Å². The van der Waals surface area contributed by atoms with Crippen molar-refractivity contribution < 1.29 is 9.13 Å². The van der Waals surface area contributed by atoms with Gasteiger partial charge >= 0.3 is 0 Å². The number of piperazine rings is 1. The summed E-state index contributed by atoms with van der Waals surface area (Å²) in [5, 5.41) is 0. The van der Waals surface area contributed by atoms with Crippen LogP contribution in [0.4, 0.5) is 10.1 Å². The molecule has 24 heavy (non-hydrogen) atoms. The zero-order valence-electron chi connectivity index (χ0n) is 15.3. The molecule has 0 spiro atoms. The second-order valence-electron chi connectivity index (χ2n) is 7.72. The van der Waals surface area contributed by atoms with Crippen LogP contribution in [0.5, 0.6) is 5.75 Å². The maximum Gasteiger partial charge on any atom is 0.145 e. The van der Waals surface area contributed by atoms with Crippen LogP contribution >= 0.6 is 0 Å². The second-order valence-corrected chi connectivity index (χ2v) is 7.72. The molecule has 2 fully saturated rings. The van der Waals surface area contributed by atoms with Gasteiger partial charge in [0, 0.05) is 38.3 Å². The fourth-order valence-corrected chi connectivity index (χ4v) is 4.03. The zero-order valence-corrected chi connectivity index (χ0v) is 15.3. The Morgan fingerprint density at radius 1 is 1.04 bits per heavy atom. The summed E-state index contributed by atoms with van der Waals surface area (Å²) in [6.45, 7) is 10.5. The maximum atomic E-state index is 13.6. The molecule has 0 unspecified atom stereocenters. The van der Waals surface area contributed by atoms with Gasteiger partial charge in [0.15, 0.2) is 0 Å². The summed E-state index contributed by atoms with van der Waals surface area (Å²) < 4.78 is 19.4. The molecule has 1 aromatic carbocycles. The molecular formula is C20H31FN2O. The number of benzene rings is 1. The van der Waals surface area contributed by atoms with E-state index in [1.807, 2.05) is 19.9 Å². The normalized spacial score (nSPS) is 26.0. The molecule has 0 N–H and O–H groups in total.